The van der Waals surface area contributed by atoms with Crippen LogP contribution in [0.2, 0.25) is 5.02 Å². The van der Waals surface area contributed by atoms with E-state index in [0.717, 1.165) is 17.9 Å². The molecule has 2 atom stereocenters. The van der Waals surface area contributed by atoms with Gasteiger partial charge in [0, 0.05) is 5.02 Å². The lowest BCUT2D eigenvalue weighted by atomic mass is 9.83. The van der Waals surface area contributed by atoms with E-state index in [2.05, 4.69) is 36.1 Å². The Morgan fingerprint density at radius 3 is 2.63 bits per heavy atom. The highest BCUT2D eigenvalue weighted by atomic mass is 35.5. The van der Waals surface area contributed by atoms with Crippen LogP contribution in [0.1, 0.15) is 75.3 Å². The lowest BCUT2D eigenvalue weighted by Crippen LogP contribution is -2.14. The first-order chi connectivity index (χ1) is 13.1. The van der Waals surface area contributed by atoms with E-state index in [1.54, 1.807) is 11.0 Å². The molecule has 0 radical (unpaired) electrons. The van der Waals surface area contributed by atoms with Crippen molar-refractivity contribution < 1.29 is 0 Å². The van der Waals surface area contributed by atoms with E-state index < -0.39 is 0 Å². The lowest BCUT2D eigenvalue weighted by molar-refractivity contribution is 0.410. The fraction of sp³-hybridized carbons (Fsp3) is 0.591. The van der Waals surface area contributed by atoms with Gasteiger partial charge in [0.2, 0.25) is 0 Å². The van der Waals surface area contributed by atoms with Gasteiger partial charge in [-0.15, -0.1) is 0 Å². The van der Waals surface area contributed by atoms with Crippen molar-refractivity contribution in [2.75, 3.05) is 0 Å². The zero-order chi connectivity index (χ0) is 19.5. The third kappa shape index (κ3) is 7.34. The largest absolute Gasteiger partial charge is 0.252 e. The summed E-state index contributed by atoms with van der Waals surface area (Å²) in [4.78, 5) is 3.98. The number of aromatic nitrogens is 3. The van der Waals surface area contributed by atoms with Crippen molar-refractivity contribution in [1.29, 1.82) is 5.26 Å². The molecular weight excluding hydrogens is 356 g/mol. The van der Waals surface area contributed by atoms with Gasteiger partial charge in [0.15, 0.2) is 0 Å². The summed E-state index contributed by atoms with van der Waals surface area (Å²) in [5.74, 6) is 0.300. The van der Waals surface area contributed by atoms with Crippen molar-refractivity contribution >= 4 is 11.6 Å². The number of aryl methyl sites for hydroxylation is 1. The molecule has 5 heteroatoms. The standard InChI is InChI=1S/C22H31ClN4/c1-3-4-5-6-7-8-9-20(22-11-10-21(23)12-18(22)2)13-19(14-24)15-27-17-25-16-26-27/h10-12,16-17,19-20H,3-9,13,15H2,1-2H3. The second-order valence-corrected chi connectivity index (χ2v) is 7.87. The lowest BCUT2D eigenvalue weighted by Gasteiger charge is -2.22. The van der Waals surface area contributed by atoms with Crippen LogP contribution in [0.25, 0.3) is 0 Å². The summed E-state index contributed by atoms with van der Waals surface area (Å²) in [6.45, 7) is 4.96. The van der Waals surface area contributed by atoms with Crippen molar-refractivity contribution in [3.05, 3.63) is 47.0 Å². The SMILES string of the molecule is CCCCCCCCC(CC(C#N)Cn1cncn1)c1ccc(Cl)cc1C. The smallest absolute Gasteiger partial charge is 0.137 e. The first-order valence-corrected chi connectivity index (χ1v) is 10.5. The average molecular weight is 387 g/mol. The number of benzene rings is 1. The Morgan fingerprint density at radius 1 is 1.19 bits per heavy atom. The topological polar surface area (TPSA) is 54.5 Å². The number of halogens is 1. The van der Waals surface area contributed by atoms with Crippen LogP contribution in [0, 0.1) is 24.2 Å². The predicted molar refractivity (Wildman–Crippen MR) is 111 cm³/mol. The van der Waals surface area contributed by atoms with Crippen LogP contribution in [0.4, 0.5) is 0 Å². The molecule has 0 N–H and O–H groups in total. The summed E-state index contributed by atoms with van der Waals surface area (Å²) in [5, 5.41) is 14.6. The molecule has 146 valence electrons. The molecule has 27 heavy (non-hydrogen) atoms. The van der Waals surface area contributed by atoms with Crippen LogP contribution in [-0.2, 0) is 6.54 Å². The number of nitriles is 1. The van der Waals surface area contributed by atoms with Crippen LogP contribution in [0.5, 0.6) is 0 Å². The normalized spacial score (nSPS) is 13.3. The van der Waals surface area contributed by atoms with Gasteiger partial charge >= 0.3 is 0 Å². The highest BCUT2D eigenvalue weighted by Gasteiger charge is 2.20. The molecule has 0 aliphatic rings. The molecule has 2 aromatic rings. The number of hydrogen-bond acceptors (Lipinski definition) is 3. The van der Waals surface area contributed by atoms with Crippen LogP contribution in [0.15, 0.2) is 30.9 Å². The molecular formula is C22H31ClN4. The molecule has 0 aliphatic carbocycles. The van der Waals surface area contributed by atoms with E-state index >= 15 is 0 Å². The summed E-state index contributed by atoms with van der Waals surface area (Å²) in [7, 11) is 0. The second kappa shape index (κ2) is 11.8. The zero-order valence-electron chi connectivity index (χ0n) is 16.6. The Morgan fingerprint density at radius 2 is 1.96 bits per heavy atom. The molecule has 0 spiro atoms. The fourth-order valence-corrected chi connectivity index (χ4v) is 3.96. The Balaban J connectivity index is 2.02. The van der Waals surface area contributed by atoms with Gasteiger partial charge in [-0.05, 0) is 48.9 Å². The molecule has 1 heterocycles. The second-order valence-electron chi connectivity index (χ2n) is 7.43. The Kier molecular flexibility index (Phi) is 9.35. The van der Waals surface area contributed by atoms with Crippen molar-refractivity contribution in [2.45, 2.75) is 77.7 Å². The number of rotatable bonds is 12. The third-order valence-electron chi connectivity index (χ3n) is 5.20. The monoisotopic (exact) mass is 386 g/mol. The number of nitrogens with zero attached hydrogens (tertiary/aromatic N) is 4. The molecule has 0 fully saturated rings. The highest BCUT2D eigenvalue weighted by molar-refractivity contribution is 6.30. The quantitative estimate of drug-likeness (QED) is 0.402. The first kappa shape index (κ1) is 21.4. The van der Waals surface area contributed by atoms with E-state index in [4.69, 9.17) is 11.6 Å². The highest BCUT2D eigenvalue weighted by Crippen LogP contribution is 2.33. The van der Waals surface area contributed by atoms with Gasteiger partial charge in [0.25, 0.3) is 0 Å². The van der Waals surface area contributed by atoms with E-state index in [9.17, 15) is 5.26 Å². The van der Waals surface area contributed by atoms with Crippen LogP contribution in [0.3, 0.4) is 0 Å². The van der Waals surface area contributed by atoms with Gasteiger partial charge < -0.3 is 0 Å². The van der Waals surface area contributed by atoms with Crippen molar-refractivity contribution in [3.8, 4) is 6.07 Å². The van der Waals surface area contributed by atoms with Crippen LogP contribution in [-0.4, -0.2) is 14.8 Å². The van der Waals surface area contributed by atoms with Gasteiger partial charge in [0.1, 0.15) is 12.7 Å². The van der Waals surface area contributed by atoms with Crippen molar-refractivity contribution in [2.24, 2.45) is 5.92 Å². The molecule has 1 aromatic heterocycles. The van der Waals surface area contributed by atoms with Gasteiger partial charge in [-0.25, -0.2) is 4.98 Å². The van der Waals surface area contributed by atoms with Crippen LogP contribution < -0.4 is 0 Å². The maximum absolute atomic E-state index is 9.67. The van der Waals surface area contributed by atoms with Gasteiger partial charge in [-0.2, -0.15) is 10.4 Å². The minimum Gasteiger partial charge on any atom is -0.252 e. The van der Waals surface area contributed by atoms with Gasteiger partial charge in [-0.1, -0.05) is 63.1 Å². The van der Waals surface area contributed by atoms with Gasteiger partial charge in [0.05, 0.1) is 18.5 Å². The molecule has 0 amide bonds. The maximum atomic E-state index is 9.67. The molecule has 0 bridgehead atoms. The Labute approximate surface area is 168 Å². The molecule has 4 nitrogen and oxygen atoms in total. The molecule has 1 aromatic carbocycles. The summed E-state index contributed by atoms with van der Waals surface area (Å²) < 4.78 is 1.75. The van der Waals surface area contributed by atoms with E-state index in [1.165, 1.54) is 56.0 Å². The molecule has 2 unspecified atom stereocenters. The average Bonchev–Trinajstić information content (AvgIpc) is 3.16. The fourth-order valence-electron chi connectivity index (χ4n) is 3.73. The summed E-state index contributed by atoms with van der Waals surface area (Å²) in [6.07, 6.45) is 12.9. The Hall–Kier alpha value is -1.86. The molecule has 0 saturated carbocycles. The summed E-state index contributed by atoms with van der Waals surface area (Å²) in [6, 6.07) is 8.62. The summed E-state index contributed by atoms with van der Waals surface area (Å²) >= 11 is 6.15. The van der Waals surface area contributed by atoms with E-state index in [0.29, 0.717) is 12.5 Å². The van der Waals surface area contributed by atoms with Crippen molar-refractivity contribution in [3.63, 3.8) is 0 Å². The molecule has 0 aliphatic heterocycles. The minimum atomic E-state index is -0.0770. The molecule has 2 rings (SSSR count). The van der Waals surface area contributed by atoms with E-state index in [1.807, 2.05) is 12.1 Å². The number of unbranched alkanes of at least 4 members (excludes halogenated alkanes) is 5. The van der Waals surface area contributed by atoms with Gasteiger partial charge in [-0.3, -0.25) is 4.68 Å². The first-order valence-electron chi connectivity index (χ1n) is 10.1. The minimum absolute atomic E-state index is 0.0770. The molecule has 0 saturated heterocycles. The zero-order valence-corrected chi connectivity index (χ0v) is 17.3. The maximum Gasteiger partial charge on any atom is 0.137 e. The van der Waals surface area contributed by atoms with Crippen molar-refractivity contribution in [1.82, 2.24) is 14.8 Å². The number of hydrogen-bond donors (Lipinski definition) is 0. The Bertz CT molecular complexity index is 706. The van der Waals surface area contributed by atoms with E-state index in [-0.39, 0.29) is 5.92 Å². The third-order valence-corrected chi connectivity index (χ3v) is 5.44. The summed E-state index contributed by atoms with van der Waals surface area (Å²) in [5.41, 5.74) is 2.54. The predicted octanol–water partition coefficient (Wildman–Crippen LogP) is 6.30. The van der Waals surface area contributed by atoms with Crippen LogP contribution >= 0.6 is 11.6 Å².